The molecule has 1 aliphatic carbocycles. The smallest absolute Gasteiger partial charge is 0.317 e. The van der Waals surface area contributed by atoms with Crippen LogP contribution in [-0.4, -0.2) is 29.1 Å². The zero-order valence-electron chi connectivity index (χ0n) is 10.8. The molecule has 1 atom stereocenters. The lowest BCUT2D eigenvalue weighted by Crippen LogP contribution is -2.34. The molecule has 0 heterocycles. The van der Waals surface area contributed by atoms with E-state index in [-0.39, 0.29) is 12.6 Å². The molecule has 0 aromatic heterocycles. The fraction of sp³-hybridized carbons (Fsp3) is 0.500. The van der Waals surface area contributed by atoms with Crippen LogP contribution < -0.4 is 0 Å². The lowest BCUT2D eigenvalue weighted by atomic mass is 10.1. The summed E-state index contributed by atoms with van der Waals surface area (Å²) in [6.45, 7) is 2.91. The zero-order chi connectivity index (χ0) is 14.0. The number of rotatable bonds is 6. The van der Waals surface area contributed by atoms with Crippen LogP contribution in [0.25, 0.3) is 0 Å². The van der Waals surface area contributed by atoms with E-state index < -0.39 is 5.97 Å². The fourth-order valence-corrected chi connectivity index (χ4v) is 3.03. The molecular weight excluding hydrogens is 330 g/mol. The van der Waals surface area contributed by atoms with Crippen LogP contribution in [0.15, 0.2) is 22.7 Å². The summed E-state index contributed by atoms with van der Waals surface area (Å²) in [7, 11) is 0. The molecule has 1 aromatic rings. The van der Waals surface area contributed by atoms with Gasteiger partial charge < -0.3 is 5.11 Å². The van der Waals surface area contributed by atoms with E-state index in [1.54, 1.807) is 0 Å². The fourth-order valence-electron chi connectivity index (χ4n) is 2.20. The average molecular weight is 347 g/mol. The average Bonchev–Trinajstić information content (AvgIpc) is 3.10. The summed E-state index contributed by atoms with van der Waals surface area (Å²) >= 11 is 9.63. The highest BCUT2D eigenvalue weighted by Crippen LogP contribution is 2.34. The quantitative estimate of drug-likeness (QED) is 0.847. The lowest BCUT2D eigenvalue weighted by Gasteiger charge is -2.28. The molecule has 19 heavy (non-hydrogen) atoms. The van der Waals surface area contributed by atoms with Crippen LogP contribution in [0.2, 0.25) is 5.02 Å². The summed E-state index contributed by atoms with van der Waals surface area (Å²) in [5.41, 5.74) is 0.978. The molecule has 5 heteroatoms. The van der Waals surface area contributed by atoms with Gasteiger partial charge in [0.25, 0.3) is 0 Å². The highest BCUT2D eigenvalue weighted by Gasteiger charge is 2.28. The molecule has 0 radical (unpaired) electrons. The second-order valence-corrected chi connectivity index (χ2v) is 6.43. The van der Waals surface area contributed by atoms with Gasteiger partial charge in [0.1, 0.15) is 0 Å². The van der Waals surface area contributed by atoms with Crippen LogP contribution in [0.5, 0.6) is 0 Å². The van der Waals surface area contributed by atoms with Gasteiger partial charge in [-0.2, -0.15) is 0 Å². The zero-order valence-corrected chi connectivity index (χ0v) is 13.1. The number of halogens is 2. The predicted octanol–water partition coefficient (Wildman–Crippen LogP) is 3.96. The van der Waals surface area contributed by atoms with Gasteiger partial charge in [-0.3, -0.25) is 9.69 Å². The van der Waals surface area contributed by atoms with Crippen molar-refractivity contribution >= 4 is 33.5 Å². The van der Waals surface area contributed by atoms with Gasteiger partial charge in [-0.1, -0.05) is 33.6 Å². The molecule has 2 rings (SSSR count). The Morgan fingerprint density at radius 2 is 2.26 bits per heavy atom. The van der Waals surface area contributed by atoms with Gasteiger partial charge in [0.15, 0.2) is 0 Å². The van der Waals surface area contributed by atoms with Crippen LogP contribution in [0.1, 0.15) is 31.4 Å². The molecule has 1 saturated carbocycles. The van der Waals surface area contributed by atoms with Crippen molar-refractivity contribution in [3.05, 3.63) is 33.3 Å². The maximum absolute atomic E-state index is 11.0. The number of aliphatic carboxylic acids is 1. The van der Waals surface area contributed by atoms with E-state index >= 15 is 0 Å². The highest BCUT2D eigenvalue weighted by molar-refractivity contribution is 9.10. The lowest BCUT2D eigenvalue weighted by molar-refractivity contribution is -0.139. The molecule has 0 amide bonds. The topological polar surface area (TPSA) is 40.5 Å². The Balaban J connectivity index is 2.16. The largest absolute Gasteiger partial charge is 0.480 e. The van der Waals surface area contributed by atoms with Crippen molar-refractivity contribution in [3.8, 4) is 0 Å². The number of hydrogen-bond acceptors (Lipinski definition) is 2. The molecule has 3 nitrogen and oxygen atoms in total. The van der Waals surface area contributed by atoms with Crippen LogP contribution in [0.3, 0.4) is 0 Å². The van der Waals surface area contributed by atoms with E-state index in [4.69, 9.17) is 16.7 Å². The number of benzene rings is 1. The molecule has 1 fully saturated rings. The molecule has 0 spiro atoms. The maximum atomic E-state index is 11.0. The Bertz CT molecular complexity index is 477. The molecule has 1 aliphatic rings. The van der Waals surface area contributed by atoms with Gasteiger partial charge in [-0.15, -0.1) is 0 Å². The third kappa shape index (κ3) is 4.20. The minimum atomic E-state index is -0.791. The van der Waals surface area contributed by atoms with Crippen LogP contribution in [-0.2, 0) is 4.79 Å². The van der Waals surface area contributed by atoms with Crippen LogP contribution >= 0.6 is 27.5 Å². The summed E-state index contributed by atoms with van der Waals surface area (Å²) in [4.78, 5) is 13.0. The van der Waals surface area contributed by atoms with Crippen LogP contribution in [0.4, 0.5) is 0 Å². The SMILES string of the molecule is CC(c1ccc(Br)cc1Cl)N(CC(=O)O)CC1CC1. The van der Waals surface area contributed by atoms with Crippen molar-refractivity contribution in [3.63, 3.8) is 0 Å². The van der Waals surface area contributed by atoms with Crippen LogP contribution in [0, 0.1) is 5.92 Å². The van der Waals surface area contributed by atoms with Gasteiger partial charge in [-0.25, -0.2) is 0 Å². The van der Waals surface area contributed by atoms with E-state index in [0.29, 0.717) is 10.9 Å². The first-order valence-corrected chi connectivity index (χ1v) is 7.55. The van der Waals surface area contributed by atoms with E-state index in [9.17, 15) is 4.79 Å². The molecule has 0 bridgehead atoms. The van der Waals surface area contributed by atoms with E-state index in [1.165, 1.54) is 12.8 Å². The van der Waals surface area contributed by atoms with Crippen molar-refractivity contribution in [2.75, 3.05) is 13.1 Å². The number of hydrogen-bond donors (Lipinski definition) is 1. The van der Waals surface area contributed by atoms with Gasteiger partial charge in [-0.05, 0) is 43.4 Å². The highest BCUT2D eigenvalue weighted by atomic mass is 79.9. The minimum Gasteiger partial charge on any atom is -0.480 e. The summed E-state index contributed by atoms with van der Waals surface area (Å²) in [5.74, 6) is -0.142. The van der Waals surface area contributed by atoms with Crippen molar-refractivity contribution in [1.82, 2.24) is 4.90 Å². The van der Waals surface area contributed by atoms with E-state index in [1.807, 2.05) is 30.0 Å². The Hall–Kier alpha value is -0.580. The Kier molecular flexibility index (Phi) is 4.87. The van der Waals surface area contributed by atoms with Gasteiger partial charge >= 0.3 is 5.97 Å². The monoisotopic (exact) mass is 345 g/mol. The van der Waals surface area contributed by atoms with Gasteiger partial charge in [0, 0.05) is 22.1 Å². The standard InChI is InChI=1S/C14H17BrClNO2/c1-9(12-5-4-11(15)6-13(12)16)17(8-14(18)19)7-10-2-3-10/h4-6,9-10H,2-3,7-8H2,1H3,(H,18,19). The first-order chi connectivity index (χ1) is 8.97. The van der Waals surface area contributed by atoms with E-state index in [2.05, 4.69) is 15.9 Å². The summed E-state index contributed by atoms with van der Waals surface area (Å²) < 4.78 is 0.931. The molecule has 0 aliphatic heterocycles. The molecule has 1 aromatic carbocycles. The first-order valence-electron chi connectivity index (χ1n) is 6.38. The third-order valence-corrected chi connectivity index (χ3v) is 4.31. The number of carboxylic acid groups (broad SMARTS) is 1. The number of nitrogens with zero attached hydrogens (tertiary/aromatic N) is 1. The molecule has 1 unspecified atom stereocenters. The predicted molar refractivity (Wildman–Crippen MR) is 79.5 cm³/mol. The normalized spacial score (nSPS) is 16.6. The molecule has 0 saturated heterocycles. The third-order valence-electron chi connectivity index (χ3n) is 3.49. The van der Waals surface area contributed by atoms with E-state index in [0.717, 1.165) is 16.6 Å². The van der Waals surface area contributed by atoms with Gasteiger partial charge in [0.2, 0.25) is 0 Å². The van der Waals surface area contributed by atoms with Crippen molar-refractivity contribution in [1.29, 1.82) is 0 Å². The first kappa shape index (κ1) is 14.8. The van der Waals surface area contributed by atoms with Crippen molar-refractivity contribution in [2.24, 2.45) is 5.92 Å². The molecular formula is C14H17BrClNO2. The Morgan fingerprint density at radius 1 is 1.58 bits per heavy atom. The summed E-state index contributed by atoms with van der Waals surface area (Å²) in [5, 5.41) is 9.72. The number of carboxylic acids is 1. The van der Waals surface area contributed by atoms with Crippen molar-refractivity contribution < 1.29 is 9.90 Å². The number of carbonyl (C=O) groups is 1. The minimum absolute atomic E-state index is 0.0114. The maximum Gasteiger partial charge on any atom is 0.317 e. The molecule has 1 N–H and O–H groups in total. The summed E-state index contributed by atoms with van der Waals surface area (Å²) in [6.07, 6.45) is 2.41. The molecule has 104 valence electrons. The van der Waals surface area contributed by atoms with Crippen molar-refractivity contribution in [2.45, 2.75) is 25.8 Å². The second kappa shape index (κ2) is 6.25. The Labute approximate surface area is 126 Å². The Morgan fingerprint density at radius 3 is 2.79 bits per heavy atom. The second-order valence-electron chi connectivity index (χ2n) is 5.11. The summed E-state index contributed by atoms with van der Waals surface area (Å²) in [6, 6.07) is 5.76. The van der Waals surface area contributed by atoms with Gasteiger partial charge in [0.05, 0.1) is 6.54 Å².